The fourth-order valence-electron chi connectivity index (χ4n) is 6.13. The number of alkyl halides is 5. The number of nitrogens with one attached hydrogen (secondary N) is 1. The number of rotatable bonds is 8. The van der Waals surface area contributed by atoms with E-state index in [1.165, 1.54) is 26.0 Å². The first kappa shape index (κ1) is 37.0. The van der Waals surface area contributed by atoms with Gasteiger partial charge in [0, 0.05) is 17.2 Å². The average Bonchev–Trinajstić information content (AvgIpc) is 3.45. The van der Waals surface area contributed by atoms with Gasteiger partial charge in [-0.25, -0.2) is 22.5 Å². The molecular formula is C36H24F9N5O3. The molecule has 4 aromatic rings. The number of fused-ring (bicyclic) bond motifs is 3. The SMILES string of the molecule is CC(C)(O)C#Cc1ccc(-c2cc(F)c(F)c(C(N)=O)c2)c([C@H](Cc2cc(F)cc(F)c2)NC(=O)Cn2nc(C(F)(F)F)c3c2C(F)(F)[C@@H]2C#C[C@H]32)n1. The van der Waals surface area contributed by atoms with E-state index in [-0.39, 0.29) is 32.8 Å². The summed E-state index contributed by atoms with van der Waals surface area (Å²) >= 11 is 0. The maximum Gasteiger partial charge on any atom is 0.435 e. The Balaban J connectivity index is 1.49. The van der Waals surface area contributed by atoms with Gasteiger partial charge in [0.05, 0.1) is 23.2 Å². The Morgan fingerprint density at radius 1 is 1.06 bits per heavy atom. The van der Waals surface area contributed by atoms with Crippen LogP contribution in [0, 0.1) is 52.9 Å². The van der Waals surface area contributed by atoms with E-state index < -0.39 is 106 Å². The molecule has 0 saturated carbocycles. The quantitative estimate of drug-likeness (QED) is 0.159. The molecule has 4 N–H and O–H groups in total. The smallest absolute Gasteiger partial charge is 0.378 e. The molecule has 2 heterocycles. The van der Waals surface area contributed by atoms with Crippen molar-refractivity contribution in [2.24, 2.45) is 11.7 Å². The summed E-state index contributed by atoms with van der Waals surface area (Å²) in [7, 11) is 0. The molecule has 6 rings (SSSR count). The minimum absolute atomic E-state index is 0.0944. The van der Waals surface area contributed by atoms with Crippen molar-refractivity contribution in [3.63, 3.8) is 0 Å². The standard InChI is InChI=1S/C36H24F9N5O3/c1-34(2,53)8-7-20-3-4-21(17-12-23(33(46)52)29(40)25(39)13-17)30(47-20)26(11-16-9-18(37)14-19(38)10-16)48-27(51)15-50-32-28(31(49-50)36(43,44)45)22-5-6-24(22)35(32,41)42/h3-4,9-10,12-14,22,24,26,53H,11,15H2,1-2H3,(H2,46,52)(H,48,51)/t22-,24+,26-/m0/s1. The summed E-state index contributed by atoms with van der Waals surface area (Å²) in [5.74, 6) is -5.37. The van der Waals surface area contributed by atoms with E-state index in [0.717, 1.165) is 18.2 Å². The summed E-state index contributed by atoms with van der Waals surface area (Å²) in [4.78, 5) is 30.0. The zero-order chi connectivity index (χ0) is 38.8. The predicted molar refractivity (Wildman–Crippen MR) is 167 cm³/mol. The largest absolute Gasteiger partial charge is 0.435 e. The Hall–Kier alpha value is -5.81. The molecule has 53 heavy (non-hydrogen) atoms. The molecule has 0 spiro atoms. The second-order valence-corrected chi connectivity index (χ2v) is 12.9. The molecule has 0 fully saturated rings. The number of carbonyl (C=O) groups is 2. The van der Waals surface area contributed by atoms with Crippen molar-refractivity contribution in [3.8, 4) is 34.8 Å². The highest BCUT2D eigenvalue weighted by atomic mass is 19.4. The molecule has 17 heteroatoms. The molecule has 0 aliphatic heterocycles. The van der Waals surface area contributed by atoms with Crippen LogP contribution in [-0.4, -0.2) is 37.3 Å². The third-order valence-corrected chi connectivity index (χ3v) is 8.35. The van der Waals surface area contributed by atoms with Crippen molar-refractivity contribution in [3.05, 3.63) is 105 Å². The third kappa shape index (κ3) is 7.17. The summed E-state index contributed by atoms with van der Waals surface area (Å²) < 4.78 is 131. The van der Waals surface area contributed by atoms with E-state index >= 15 is 8.78 Å². The van der Waals surface area contributed by atoms with Gasteiger partial charge in [-0.1, -0.05) is 17.8 Å². The number of hydrogen-bond acceptors (Lipinski definition) is 5. The van der Waals surface area contributed by atoms with Crippen LogP contribution in [0.25, 0.3) is 11.1 Å². The van der Waals surface area contributed by atoms with Crippen LogP contribution in [0.3, 0.4) is 0 Å². The molecule has 0 bridgehead atoms. The lowest BCUT2D eigenvalue weighted by Gasteiger charge is -2.24. The van der Waals surface area contributed by atoms with E-state index in [1.54, 1.807) is 0 Å². The van der Waals surface area contributed by atoms with Crippen LogP contribution >= 0.6 is 0 Å². The number of aromatic nitrogens is 3. The van der Waals surface area contributed by atoms with Crippen LogP contribution in [0.1, 0.15) is 70.1 Å². The topological polar surface area (TPSA) is 123 Å². The van der Waals surface area contributed by atoms with Crippen LogP contribution in [0.2, 0.25) is 0 Å². The number of pyridine rings is 1. The first-order chi connectivity index (χ1) is 24.6. The van der Waals surface area contributed by atoms with Gasteiger partial charge in [-0.2, -0.15) is 27.1 Å². The lowest BCUT2D eigenvalue weighted by Crippen LogP contribution is -2.36. The summed E-state index contributed by atoms with van der Waals surface area (Å²) in [6.07, 6.45) is -5.72. The molecule has 2 aromatic carbocycles. The van der Waals surface area contributed by atoms with Gasteiger partial charge in [0.25, 0.3) is 5.91 Å². The highest BCUT2D eigenvalue weighted by molar-refractivity contribution is 5.94. The van der Waals surface area contributed by atoms with Gasteiger partial charge in [-0.05, 0) is 73.7 Å². The van der Waals surface area contributed by atoms with Crippen molar-refractivity contribution < 1.29 is 54.2 Å². The summed E-state index contributed by atoms with van der Waals surface area (Å²) in [6.45, 7) is 1.48. The highest BCUT2D eigenvalue weighted by Gasteiger charge is 2.62. The lowest BCUT2D eigenvalue weighted by molar-refractivity contribution is -0.142. The first-order valence-electron chi connectivity index (χ1n) is 15.5. The summed E-state index contributed by atoms with van der Waals surface area (Å²) in [6, 6.07) is 4.82. The summed E-state index contributed by atoms with van der Waals surface area (Å²) in [5, 5.41) is 15.9. The molecule has 0 radical (unpaired) electrons. The monoisotopic (exact) mass is 745 g/mol. The minimum atomic E-state index is -5.18. The number of amides is 2. The fraction of sp³-hybridized carbons (Fsp3) is 0.278. The average molecular weight is 746 g/mol. The molecular weight excluding hydrogens is 721 g/mol. The van der Waals surface area contributed by atoms with E-state index in [4.69, 9.17) is 5.73 Å². The second kappa shape index (κ2) is 13.0. The van der Waals surface area contributed by atoms with Gasteiger partial charge < -0.3 is 16.2 Å². The Bertz CT molecular complexity index is 2300. The zero-order valence-electron chi connectivity index (χ0n) is 27.3. The minimum Gasteiger partial charge on any atom is -0.378 e. The van der Waals surface area contributed by atoms with Crippen LogP contribution < -0.4 is 11.1 Å². The molecule has 274 valence electrons. The number of hydrogen-bond donors (Lipinski definition) is 3. The van der Waals surface area contributed by atoms with Crippen LogP contribution in [0.5, 0.6) is 0 Å². The Kier molecular flexibility index (Phi) is 9.06. The molecule has 2 amide bonds. The number of benzene rings is 2. The highest BCUT2D eigenvalue weighted by Crippen LogP contribution is 2.58. The number of carbonyl (C=O) groups excluding carboxylic acids is 2. The fourth-order valence-corrected chi connectivity index (χ4v) is 6.13. The number of nitrogens with two attached hydrogens (primary N) is 1. The van der Waals surface area contributed by atoms with Crippen molar-refractivity contribution >= 4 is 11.8 Å². The zero-order valence-corrected chi connectivity index (χ0v) is 27.3. The third-order valence-electron chi connectivity index (χ3n) is 8.35. The van der Waals surface area contributed by atoms with Crippen molar-refractivity contribution in [2.45, 2.75) is 56.5 Å². The van der Waals surface area contributed by atoms with Crippen LogP contribution in [0.15, 0.2) is 42.5 Å². The predicted octanol–water partition coefficient (Wildman–Crippen LogP) is 5.66. The van der Waals surface area contributed by atoms with E-state index in [1.807, 2.05) is 0 Å². The van der Waals surface area contributed by atoms with E-state index in [9.17, 15) is 45.4 Å². The van der Waals surface area contributed by atoms with Gasteiger partial charge in [-0.3, -0.25) is 14.3 Å². The van der Waals surface area contributed by atoms with E-state index in [0.29, 0.717) is 12.1 Å². The molecule has 2 aliphatic carbocycles. The van der Waals surface area contributed by atoms with Crippen molar-refractivity contribution in [1.29, 1.82) is 0 Å². The summed E-state index contributed by atoms with van der Waals surface area (Å²) in [5.41, 5.74) is -1.68. The van der Waals surface area contributed by atoms with Gasteiger partial charge in [0.2, 0.25) is 5.91 Å². The molecule has 2 aliphatic rings. The molecule has 8 nitrogen and oxygen atoms in total. The van der Waals surface area contributed by atoms with Gasteiger partial charge in [0.15, 0.2) is 17.3 Å². The molecule has 0 saturated heterocycles. The molecule has 0 unspecified atom stereocenters. The second-order valence-electron chi connectivity index (χ2n) is 12.9. The van der Waals surface area contributed by atoms with Gasteiger partial charge >= 0.3 is 12.1 Å². The van der Waals surface area contributed by atoms with Crippen LogP contribution in [0.4, 0.5) is 39.5 Å². The Labute approximate surface area is 294 Å². The van der Waals surface area contributed by atoms with Crippen molar-refractivity contribution in [1.82, 2.24) is 20.1 Å². The van der Waals surface area contributed by atoms with E-state index in [2.05, 4.69) is 39.1 Å². The van der Waals surface area contributed by atoms with Gasteiger partial charge in [-0.15, -0.1) is 0 Å². The van der Waals surface area contributed by atoms with Gasteiger partial charge in [0.1, 0.15) is 41.1 Å². The van der Waals surface area contributed by atoms with Crippen LogP contribution in [-0.2, 0) is 29.9 Å². The Morgan fingerprint density at radius 3 is 2.32 bits per heavy atom. The molecule has 2 aromatic heterocycles. The number of halogens is 9. The maximum atomic E-state index is 15.4. The lowest BCUT2D eigenvalue weighted by atomic mass is 9.84. The number of primary amides is 1. The number of aliphatic hydroxyl groups is 1. The molecule has 3 atom stereocenters. The Morgan fingerprint density at radius 2 is 1.74 bits per heavy atom. The normalized spacial score (nSPS) is 17.4. The maximum absolute atomic E-state index is 15.4. The number of nitrogens with zero attached hydrogens (tertiary/aromatic N) is 3. The first-order valence-corrected chi connectivity index (χ1v) is 15.5. The van der Waals surface area contributed by atoms with Crippen molar-refractivity contribution in [2.75, 3.05) is 0 Å².